The smallest absolute Gasteiger partial charge is 0.333 e. The normalized spacial score (nSPS) is 13.7. The first-order chi connectivity index (χ1) is 32.1. The van der Waals surface area contributed by atoms with Gasteiger partial charge in [-0.05, 0) is 115 Å². The molecule has 0 atom stereocenters. The molecule has 0 saturated heterocycles. The third-order valence-corrected chi connectivity index (χ3v) is 17.2. The number of hydrogen-bond donors (Lipinski definition) is 0. The summed E-state index contributed by atoms with van der Waals surface area (Å²) >= 11 is 3.91. The van der Waals surface area contributed by atoms with E-state index in [-0.39, 0.29) is 23.1 Å². The van der Waals surface area contributed by atoms with Crippen LogP contribution in [-0.4, -0.2) is 11.4 Å². The lowest BCUT2D eigenvalue weighted by molar-refractivity contribution is 0.590. The van der Waals surface area contributed by atoms with Crippen LogP contribution in [-0.2, 0) is 16.2 Å². The van der Waals surface area contributed by atoms with Crippen LogP contribution >= 0.6 is 22.7 Å². The van der Waals surface area contributed by atoms with Crippen LogP contribution < -0.4 is 15.7 Å². The van der Waals surface area contributed by atoms with E-state index in [2.05, 4.69) is 229 Å². The van der Waals surface area contributed by atoms with Gasteiger partial charge < -0.3 is 9.38 Å². The largest absolute Gasteiger partial charge is 0.376 e. The van der Waals surface area contributed by atoms with Crippen molar-refractivity contribution in [3.8, 4) is 38.4 Å². The molecule has 0 saturated carbocycles. The Labute approximate surface area is 402 Å². The van der Waals surface area contributed by atoms with Crippen molar-refractivity contribution in [3.63, 3.8) is 0 Å². The van der Waals surface area contributed by atoms with Crippen LogP contribution in [0.25, 0.3) is 90.4 Å². The zero-order valence-corrected chi connectivity index (χ0v) is 41.4. The van der Waals surface area contributed by atoms with Gasteiger partial charge in [0.05, 0.1) is 11.0 Å². The van der Waals surface area contributed by atoms with E-state index < -0.39 is 0 Å². The van der Waals surface area contributed by atoms with Gasteiger partial charge in [0.1, 0.15) is 0 Å². The minimum atomic E-state index is -0.102. The summed E-state index contributed by atoms with van der Waals surface area (Å²) in [4.78, 5) is 4.03. The number of anilines is 2. The molecule has 5 heterocycles. The molecule has 0 aliphatic carbocycles. The highest BCUT2D eigenvalue weighted by atomic mass is 32.1. The zero-order chi connectivity index (χ0) is 45.9. The van der Waals surface area contributed by atoms with Crippen LogP contribution in [0, 0.1) is 0 Å². The first kappa shape index (κ1) is 40.8. The second kappa shape index (κ2) is 14.1. The van der Waals surface area contributed by atoms with Gasteiger partial charge in [-0.25, -0.2) is 0 Å². The standard InChI is InChI=1S/C62H53BN2S2/c1-60(2,3)38-24-28-41(29-25-38)65-48-31-27-40(62(7,8)9)33-44(48)53-54-42-22-16-17-23-50(42)66-59(54)55-43-32-39(61(4,5)6)26-30-47(43)64-49-34-45-51(35-46(49)63(65)56(53)57(55)64)67-58(37-20-14-11-15-21-37)52(45)36-18-12-10-13-19-36/h10-35H,1-9H3. The Morgan fingerprint density at radius 3 is 1.79 bits per heavy atom. The second-order valence-electron chi connectivity index (χ2n) is 22.1. The van der Waals surface area contributed by atoms with Gasteiger partial charge in [0.2, 0.25) is 0 Å². The summed E-state index contributed by atoms with van der Waals surface area (Å²) in [5, 5.41) is 6.75. The lowest BCUT2D eigenvalue weighted by atomic mass is 9.43. The maximum Gasteiger partial charge on any atom is 0.333 e. The van der Waals surface area contributed by atoms with Crippen LogP contribution in [0.5, 0.6) is 0 Å². The van der Waals surface area contributed by atoms with Crippen molar-refractivity contribution in [1.29, 1.82) is 0 Å². The van der Waals surface area contributed by atoms with Gasteiger partial charge in [-0.2, -0.15) is 0 Å². The van der Waals surface area contributed by atoms with Gasteiger partial charge >= 0.3 is 6.85 Å². The van der Waals surface area contributed by atoms with E-state index in [4.69, 9.17) is 0 Å². The minimum Gasteiger partial charge on any atom is -0.376 e. The summed E-state index contributed by atoms with van der Waals surface area (Å²) in [6.07, 6.45) is 0. The van der Waals surface area contributed by atoms with E-state index in [1.165, 1.54) is 129 Å². The van der Waals surface area contributed by atoms with Crippen molar-refractivity contribution in [2.24, 2.45) is 0 Å². The molecule has 326 valence electrons. The van der Waals surface area contributed by atoms with Crippen molar-refractivity contribution < 1.29 is 0 Å². The third kappa shape index (κ3) is 5.93. The van der Waals surface area contributed by atoms with E-state index in [0.717, 1.165) is 0 Å². The summed E-state index contributed by atoms with van der Waals surface area (Å²) in [6.45, 7) is 21.0. The molecule has 0 radical (unpaired) electrons. The van der Waals surface area contributed by atoms with Crippen LogP contribution in [0.1, 0.15) is 79.0 Å². The Morgan fingerprint density at radius 1 is 0.463 bits per heavy atom. The fourth-order valence-corrected chi connectivity index (χ4v) is 13.9. The summed E-state index contributed by atoms with van der Waals surface area (Å²) in [5.41, 5.74) is 19.6. The molecule has 5 heteroatoms. The van der Waals surface area contributed by atoms with Gasteiger partial charge in [-0.15, -0.1) is 22.7 Å². The predicted octanol–water partition coefficient (Wildman–Crippen LogP) is 16.8. The molecule has 11 aromatic rings. The van der Waals surface area contributed by atoms with Crippen molar-refractivity contribution in [1.82, 2.24) is 4.57 Å². The SMILES string of the molecule is CC(C)(C)c1ccc(N2B3c4cc5sc(-c6ccccc6)c(-c6ccccc6)c5cc4-n4c5ccc(C(C)(C)C)cc5c5c6sc7ccccc7c6c(c3c54)-c3cc(C(C)(C)C)ccc32)cc1. The fraction of sp³-hybridized carbons (Fsp3) is 0.194. The van der Waals surface area contributed by atoms with Gasteiger partial charge in [-0.1, -0.05) is 165 Å². The molecule has 0 spiro atoms. The number of thiophene rings is 2. The molecule has 8 aromatic carbocycles. The van der Waals surface area contributed by atoms with Crippen molar-refractivity contribution in [2.75, 3.05) is 4.81 Å². The molecule has 0 unspecified atom stereocenters. The third-order valence-electron chi connectivity index (χ3n) is 14.8. The first-order valence-electron chi connectivity index (χ1n) is 23.9. The Bertz CT molecular complexity index is 3850. The van der Waals surface area contributed by atoms with Crippen molar-refractivity contribution in [3.05, 3.63) is 174 Å². The van der Waals surface area contributed by atoms with E-state index >= 15 is 0 Å². The average molecular weight is 901 g/mol. The van der Waals surface area contributed by atoms with E-state index in [0.29, 0.717) is 0 Å². The van der Waals surface area contributed by atoms with Gasteiger partial charge in [0.25, 0.3) is 0 Å². The van der Waals surface area contributed by atoms with E-state index in [1.54, 1.807) is 0 Å². The van der Waals surface area contributed by atoms with Crippen molar-refractivity contribution >= 4 is 104 Å². The Kier molecular flexibility index (Phi) is 8.58. The molecule has 2 nitrogen and oxygen atoms in total. The average Bonchev–Trinajstić information content (AvgIpc) is 4.00. The Morgan fingerprint density at radius 2 is 1.09 bits per heavy atom. The summed E-state index contributed by atoms with van der Waals surface area (Å²) < 4.78 is 6.72. The zero-order valence-electron chi connectivity index (χ0n) is 39.8. The first-order valence-corrected chi connectivity index (χ1v) is 25.5. The predicted molar refractivity (Wildman–Crippen MR) is 295 cm³/mol. The topological polar surface area (TPSA) is 8.17 Å². The molecule has 0 N–H and O–H groups in total. The van der Waals surface area contributed by atoms with Crippen LogP contribution in [0.3, 0.4) is 0 Å². The van der Waals surface area contributed by atoms with Gasteiger partial charge in [-0.3, -0.25) is 0 Å². The summed E-state index contributed by atoms with van der Waals surface area (Å²) in [6, 6.07) is 60.7. The van der Waals surface area contributed by atoms with E-state index in [1.807, 2.05) is 22.7 Å². The highest BCUT2D eigenvalue weighted by molar-refractivity contribution is 7.27. The molecule has 67 heavy (non-hydrogen) atoms. The van der Waals surface area contributed by atoms with Crippen LogP contribution in [0.4, 0.5) is 11.4 Å². The van der Waals surface area contributed by atoms with Gasteiger partial charge in [0.15, 0.2) is 0 Å². The molecule has 3 aromatic heterocycles. The fourth-order valence-electron chi connectivity index (χ4n) is 11.4. The number of rotatable bonds is 3. The quantitative estimate of drug-likeness (QED) is 0.160. The summed E-state index contributed by atoms with van der Waals surface area (Å²) in [5.74, 6) is 0. The highest BCUT2D eigenvalue weighted by Crippen LogP contribution is 2.54. The minimum absolute atomic E-state index is 0.0176. The van der Waals surface area contributed by atoms with E-state index in [9.17, 15) is 0 Å². The van der Waals surface area contributed by atoms with Crippen molar-refractivity contribution in [2.45, 2.75) is 78.6 Å². The second-order valence-corrected chi connectivity index (χ2v) is 24.2. The molecule has 2 aliphatic heterocycles. The Hall–Kier alpha value is -6.40. The lowest BCUT2D eigenvalue weighted by Crippen LogP contribution is -2.60. The lowest BCUT2D eigenvalue weighted by Gasteiger charge is -2.43. The number of nitrogens with zero attached hydrogens (tertiary/aromatic N) is 2. The maximum absolute atomic E-state index is 2.71. The number of hydrogen-bond acceptors (Lipinski definition) is 3. The molecular weight excluding hydrogens is 848 g/mol. The highest BCUT2D eigenvalue weighted by Gasteiger charge is 2.46. The summed E-state index contributed by atoms with van der Waals surface area (Å²) in [7, 11) is 0. The van der Waals surface area contributed by atoms with Gasteiger partial charge in [0, 0.05) is 74.1 Å². The molecule has 0 bridgehead atoms. The number of benzene rings is 8. The molecule has 13 rings (SSSR count). The monoisotopic (exact) mass is 900 g/mol. The molecule has 0 amide bonds. The maximum atomic E-state index is 2.71. The van der Waals surface area contributed by atoms with Crippen LogP contribution in [0.2, 0.25) is 0 Å². The molecule has 0 fully saturated rings. The molecule has 2 aliphatic rings. The Balaban J connectivity index is 1.26. The molecular formula is C62H53BN2S2. The van der Waals surface area contributed by atoms with Crippen LogP contribution in [0.15, 0.2) is 158 Å². The number of aromatic nitrogens is 1. The number of fused-ring (bicyclic) bond motifs is 14.